The summed E-state index contributed by atoms with van der Waals surface area (Å²) >= 11 is 0. The number of nitrogens with zero attached hydrogens (tertiary/aromatic N) is 1. The van der Waals surface area contributed by atoms with Crippen LogP contribution in [0.4, 0.5) is 0 Å². The molecule has 0 atom stereocenters. The van der Waals surface area contributed by atoms with Crippen LogP contribution in [0.2, 0.25) is 0 Å². The van der Waals surface area contributed by atoms with Gasteiger partial charge < -0.3 is 5.32 Å². The van der Waals surface area contributed by atoms with Crippen LogP contribution in [0.15, 0.2) is 24.3 Å². The summed E-state index contributed by atoms with van der Waals surface area (Å²) in [7, 11) is 0. The van der Waals surface area contributed by atoms with Crippen LogP contribution in [0, 0.1) is 18.8 Å². The van der Waals surface area contributed by atoms with Gasteiger partial charge >= 0.3 is 0 Å². The van der Waals surface area contributed by atoms with E-state index in [1.807, 2.05) is 0 Å². The first-order valence-corrected chi connectivity index (χ1v) is 9.76. The third kappa shape index (κ3) is 5.07. The molecule has 1 N–H and O–H groups in total. The van der Waals surface area contributed by atoms with Crippen molar-refractivity contribution in [3.05, 3.63) is 35.4 Å². The lowest BCUT2D eigenvalue weighted by molar-refractivity contribution is -0.126. The van der Waals surface area contributed by atoms with Crippen molar-refractivity contribution in [3.8, 4) is 0 Å². The average molecular weight is 329 g/mol. The molecule has 3 heteroatoms. The molecule has 1 heterocycles. The third-order valence-electron chi connectivity index (χ3n) is 5.77. The zero-order valence-corrected chi connectivity index (χ0v) is 15.1. The SMILES string of the molecule is Cc1ccc(CN2CCC(C(=O)NCC3CCCCC3)CC2)cc1. The Morgan fingerprint density at radius 2 is 1.71 bits per heavy atom. The van der Waals surface area contributed by atoms with Crippen LogP contribution in [0.25, 0.3) is 0 Å². The van der Waals surface area contributed by atoms with E-state index in [1.54, 1.807) is 0 Å². The van der Waals surface area contributed by atoms with E-state index in [1.165, 1.54) is 43.2 Å². The summed E-state index contributed by atoms with van der Waals surface area (Å²) in [4.78, 5) is 14.9. The Hall–Kier alpha value is -1.35. The smallest absolute Gasteiger partial charge is 0.223 e. The molecule has 1 aromatic carbocycles. The largest absolute Gasteiger partial charge is 0.356 e. The molecule has 3 nitrogen and oxygen atoms in total. The number of nitrogens with one attached hydrogen (secondary N) is 1. The second kappa shape index (κ2) is 8.66. The highest BCUT2D eigenvalue weighted by molar-refractivity contribution is 5.78. The molecule has 0 aromatic heterocycles. The minimum atomic E-state index is 0.225. The van der Waals surface area contributed by atoms with Gasteiger partial charge in [-0.3, -0.25) is 9.69 Å². The van der Waals surface area contributed by atoms with Crippen molar-refractivity contribution in [2.45, 2.75) is 58.4 Å². The van der Waals surface area contributed by atoms with E-state index in [4.69, 9.17) is 0 Å². The molecule has 0 radical (unpaired) electrons. The van der Waals surface area contributed by atoms with E-state index < -0.39 is 0 Å². The third-order valence-corrected chi connectivity index (χ3v) is 5.77. The molecule has 0 spiro atoms. The van der Waals surface area contributed by atoms with Crippen LogP contribution in [0.3, 0.4) is 0 Å². The number of hydrogen-bond acceptors (Lipinski definition) is 2. The molecule has 1 amide bonds. The summed E-state index contributed by atoms with van der Waals surface area (Å²) in [5, 5.41) is 3.24. The molecule has 2 fully saturated rings. The van der Waals surface area contributed by atoms with Crippen LogP contribution < -0.4 is 5.32 Å². The molecular formula is C21H32N2O. The Morgan fingerprint density at radius 3 is 2.38 bits per heavy atom. The van der Waals surface area contributed by atoms with Crippen LogP contribution in [-0.4, -0.2) is 30.4 Å². The maximum absolute atomic E-state index is 12.4. The van der Waals surface area contributed by atoms with Crippen molar-refractivity contribution in [1.82, 2.24) is 10.2 Å². The summed E-state index contributed by atoms with van der Waals surface area (Å²) in [5.74, 6) is 1.25. The molecule has 1 aliphatic carbocycles. The first-order valence-electron chi connectivity index (χ1n) is 9.76. The number of carbonyl (C=O) groups is 1. The monoisotopic (exact) mass is 328 g/mol. The van der Waals surface area contributed by atoms with Crippen molar-refractivity contribution < 1.29 is 4.79 Å². The summed E-state index contributed by atoms with van der Waals surface area (Å²) in [6.45, 7) is 6.12. The van der Waals surface area contributed by atoms with Crippen molar-refractivity contribution in [2.75, 3.05) is 19.6 Å². The van der Waals surface area contributed by atoms with E-state index in [2.05, 4.69) is 41.4 Å². The van der Waals surface area contributed by atoms with Gasteiger partial charge in [0.2, 0.25) is 5.91 Å². The lowest BCUT2D eigenvalue weighted by Crippen LogP contribution is -2.41. The van der Waals surface area contributed by atoms with Crippen molar-refractivity contribution in [3.63, 3.8) is 0 Å². The molecule has 1 aromatic rings. The Morgan fingerprint density at radius 1 is 1.04 bits per heavy atom. The van der Waals surface area contributed by atoms with Crippen LogP contribution >= 0.6 is 0 Å². The number of benzene rings is 1. The Labute approximate surface area is 146 Å². The van der Waals surface area contributed by atoms with Gasteiger partial charge in [0.25, 0.3) is 0 Å². The van der Waals surface area contributed by atoms with E-state index in [9.17, 15) is 4.79 Å². The first kappa shape index (κ1) is 17.5. The number of rotatable bonds is 5. The number of aryl methyl sites for hydroxylation is 1. The van der Waals surface area contributed by atoms with E-state index in [-0.39, 0.29) is 5.92 Å². The highest BCUT2D eigenvalue weighted by atomic mass is 16.1. The second-order valence-corrected chi connectivity index (χ2v) is 7.79. The standard InChI is InChI=1S/C21H32N2O/c1-17-7-9-19(10-8-17)16-23-13-11-20(12-14-23)21(24)22-15-18-5-3-2-4-6-18/h7-10,18,20H,2-6,11-16H2,1H3,(H,22,24). The Bertz CT molecular complexity index is 511. The highest BCUT2D eigenvalue weighted by Crippen LogP contribution is 2.24. The van der Waals surface area contributed by atoms with Gasteiger partial charge in [-0.2, -0.15) is 0 Å². The number of hydrogen-bond donors (Lipinski definition) is 1. The van der Waals surface area contributed by atoms with Crippen molar-refractivity contribution >= 4 is 5.91 Å². The maximum Gasteiger partial charge on any atom is 0.223 e. The summed E-state index contributed by atoms with van der Waals surface area (Å²) in [6, 6.07) is 8.80. The van der Waals surface area contributed by atoms with E-state index in [0.717, 1.165) is 44.9 Å². The van der Waals surface area contributed by atoms with Gasteiger partial charge in [-0.05, 0) is 57.2 Å². The van der Waals surface area contributed by atoms with E-state index in [0.29, 0.717) is 5.91 Å². The van der Waals surface area contributed by atoms with Crippen molar-refractivity contribution in [2.24, 2.45) is 11.8 Å². The van der Waals surface area contributed by atoms with Gasteiger partial charge in [0, 0.05) is 19.0 Å². The van der Waals surface area contributed by atoms with Gasteiger partial charge in [-0.1, -0.05) is 49.1 Å². The van der Waals surface area contributed by atoms with Crippen LogP contribution in [-0.2, 0) is 11.3 Å². The molecule has 1 saturated heterocycles. The molecule has 132 valence electrons. The first-order chi connectivity index (χ1) is 11.7. The molecule has 1 saturated carbocycles. The van der Waals surface area contributed by atoms with Crippen molar-refractivity contribution in [1.29, 1.82) is 0 Å². The predicted molar refractivity (Wildman–Crippen MR) is 98.8 cm³/mol. The van der Waals surface area contributed by atoms with E-state index >= 15 is 0 Å². The van der Waals surface area contributed by atoms with Gasteiger partial charge in [-0.25, -0.2) is 0 Å². The van der Waals surface area contributed by atoms with Crippen LogP contribution in [0.5, 0.6) is 0 Å². The minimum absolute atomic E-state index is 0.225. The second-order valence-electron chi connectivity index (χ2n) is 7.79. The average Bonchev–Trinajstić information content (AvgIpc) is 2.63. The zero-order chi connectivity index (χ0) is 16.8. The van der Waals surface area contributed by atoms with Crippen LogP contribution in [0.1, 0.15) is 56.1 Å². The summed E-state index contributed by atoms with van der Waals surface area (Å²) < 4.78 is 0. The molecule has 2 aliphatic rings. The van der Waals surface area contributed by atoms with Gasteiger partial charge in [-0.15, -0.1) is 0 Å². The predicted octanol–water partition coefficient (Wildman–Crippen LogP) is 3.90. The molecular weight excluding hydrogens is 296 g/mol. The summed E-state index contributed by atoms with van der Waals surface area (Å²) in [5.41, 5.74) is 2.69. The molecule has 0 unspecified atom stereocenters. The number of likely N-dealkylation sites (tertiary alicyclic amines) is 1. The Balaban J connectivity index is 1.37. The quantitative estimate of drug-likeness (QED) is 0.889. The lowest BCUT2D eigenvalue weighted by atomic mass is 9.89. The zero-order valence-electron chi connectivity index (χ0n) is 15.1. The fraction of sp³-hybridized carbons (Fsp3) is 0.667. The van der Waals surface area contributed by atoms with Gasteiger partial charge in [0.1, 0.15) is 0 Å². The normalized spacial score (nSPS) is 20.9. The minimum Gasteiger partial charge on any atom is -0.356 e. The fourth-order valence-electron chi connectivity index (χ4n) is 4.09. The molecule has 1 aliphatic heterocycles. The number of piperidine rings is 1. The molecule has 24 heavy (non-hydrogen) atoms. The summed E-state index contributed by atoms with van der Waals surface area (Å²) in [6.07, 6.45) is 8.68. The van der Waals surface area contributed by atoms with Gasteiger partial charge in [0.15, 0.2) is 0 Å². The Kier molecular flexibility index (Phi) is 6.30. The maximum atomic E-state index is 12.4. The molecule has 0 bridgehead atoms. The van der Waals surface area contributed by atoms with Gasteiger partial charge in [0.05, 0.1) is 0 Å². The lowest BCUT2D eigenvalue weighted by Gasteiger charge is -2.32. The fourth-order valence-corrected chi connectivity index (χ4v) is 4.09. The number of amides is 1. The molecule has 3 rings (SSSR count). The topological polar surface area (TPSA) is 32.3 Å². The highest BCUT2D eigenvalue weighted by Gasteiger charge is 2.25. The number of carbonyl (C=O) groups excluding carboxylic acids is 1.